The zero-order valence-corrected chi connectivity index (χ0v) is 12.0. The van der Waals surface area contributed by atoms with Gasteiger partial charge in [-0.1, -0.05) is 6.07 Å². The molecule has 1 heterocycles. The number of thioether (sulfide) groups is 1. The van der Waals surface area contributed by atoms with E-state index in [2.05, 4.69) is 4.98 Å². The second-order valence-electron chi connectivity index (χ2n) is 4.21. The van der Waals surface area contributed by atoms with Crippen molar-refractivity contribution in [1.29, 1.82) is 0 Å². The van der Waals surface area contributed by atoms with Crippen LogP contribution in [0.25, 0.3) is 0 Å². The van der Waals surface area contributed by atoms with Crippen LogP contribution >= 0.6 is 11.8 Å². The number of nitrogen functional groups attached to an aromatic ring is 1. The van der Waals surface area contributed by atoms with E-state index < -0.39 is 11.7 Å². The van der Waals surface area contributed by atoms with Crippen LogP contribution in [0.1, 0.15) is 11.1 Å². The summed E-state index contributed by atoms with van der Waals surface area (Å²) in [7, 11) is 1.52. The Balaban J connectivity index is 2.14. The van der Waals surface area contributed by atoms with Gasteiger partial charge in [0.2, 0.25) is 5.88 Å². The fraction of sp³-hybridized carbons (Fsp3) is 0.214. The molecule has 0 unspecified atom stereocenters. The van der Waals surface area contributed by atoms with Gasteiger partial charge in [-0.15, -0.1) is 11.8 Å². The van der Waals surface area contributed by atoms with Gasteiger partial charge < -0.3 is 10.5 Å². The van der Waals surface area contributed by atoms with Gasteiger partial charge in [0.15, 0.2) is 0 Å². The smallest absolute Gasteiger partial charge is 0.416 e. The van der Waals surface area contributed by atoms with Gasteiger partial charge >= 0.3 is 6.18 Å². The van der Waals surface area contributed by atoms with Crippen molar-refractivity contribution in [3.05, 3.63) is 47.7 Å². The van der Waals surface area contributed by atoms with Crippen LogP contribution in [0.15, 0.2) is 41.4 Å². The van der Waals surface area contributed by atoms with Crippen LogP contribution in [0.4, 0.5) is 18.9 Å². The summed E-state index contributed by atoms with van der Waals surface area (Å²) in [4.78, 5) is 4.65. The van der Waals surface area contributed by atoms with Crippen molar-refractivity contribution in [1.82, 2.24) is 4.98 Å². The summed E-state index contributed by atoms with van der Waals surface area (Å²) in [5.41, 5.74) is 5.90. The van der Waals surface area contributed by atoms with Crippen LogP contribution < -0.4 is 10.5 Å². The van der Waals surface area contributed by atoms with E-state index in [9.17, 15) is 13.2 Å². The van der Waals surface area contributed by atoms with Crippen molar-refractivity contribution in [2.24, 2.45) is 0 Å². The lowest BCUT2D eigenvalue weighted by Crippen LogP contribution is -2.05. The van der Waals surface area contributed by atoms with E-state index in [1.165, 1.54) is 24.9 Å². The van der Waals surface area contributed by atoms with E-state index in [0.717, 1.165) is 17.7 Å². The van der Waals surface area contributed by atoms with Crippen molar-refractivity contribution < 1.29 is 17.9 Å². The Morgan fingerprint density at radius 1 is 1.29 bits per heavy atom. The average molecular weight is 314 g/mol. The summed E-state index contributed by atoms with van der Waals surface area (Å²) in [5.74, 6) is 1.00. The standard InChI is InChI=1S/C14H13F3N2OS/c1-20-13-9(3-2-6-19-13)8-21-12-5-4-10(7-11(12)18)14(15,16)17/h2-7H,8,18H2,1H3. The Kier molecular flexibility index (Phi) is 4.62. The topological polar surface area (TPSA) is 48.1 Å². The molecule has 0 radical (unpaired) electrons. The molecule has 2 aromatic rings. The summed E-state index contributed by atoms with van der Waals surface area (Å²) in [6, 6.07) is 6.97. The molecule has 3 nitrogen and oxygen atoms in total. The van der Waals surface area contributed by atoms with Gasteiger partial charge in [0.25, 0.3) is 0 Å². The number of rotatable bonds is 4. The first kappa shape index (κ1) is 15.5. The zero-order chi connectivity index (χ0) is 15.5. The lowest BCUT2D eigenvalue weighted by atomic mass is 10.2. The number of methoxy groups -OCH3 is 1. The van der Waals surface area contributed by atoms with E-state index in [1.54, 1.807) is 12.3 Å². The minimum absolute atomic E-state index is 0.109. The quantitative estimate of drug-likeness (QED) is 0.685. The maximum absolute atomic E-state index is 12.6. The van der Waals surface area contributed by atoms with Gasteiger partial charge in [0, 0.05) is 28.1 Å². The number of anilines is 1. The van der Waals surface area contributed by atoms with Crippen molar-refractivity contribution in [2.75, 3.05) is 12.8 Å². The second-order valence-corrected chi connectivity index (χ2v) is 5.23. The Bertz CT molecular complexity index is 632. The monoisotopic (exact) mass is 314 g/mol. The summed E-state index contributed by atoms with van der Waals surface area (Å²) < 4.78 is 42.8. The molecule has 21 heavy (non-hydrogen) atoms. The normalized spacial score (nSPS) is 11.4. The Hall–Kier alpha value is -1.89. The van der Waals surface area contributed by atoms with E-state index in [0.29, 0.717) is 16.5 Å². The summed E-state index contributed by atoms with van der Waals surface area (Å²) >= 11 is 1.34. The molecule has 0 bridgehead atoms. The molecule has 2 N–H and O–H groups in total. The highest BCUT2D eigenvalue weighted by Crippen LogP contribution is 2.35. The van der Waals surface area contributed by atoms with Crippen LogP contribution in [0.3, 0.4) is 0 Å². The van der Waals surface area contributed by atoms with Crippen molar-refractivity contribution >= 4 is 17.4 Å². The lowest BCUT2D eigenvalue weighted by molar-refractivity contribution is -0.137. The van der Waals surface area contributed by atoms with Gasteiger partial charge in [-0.25, -0.2) is 4.98 Å². The minimum atomic E-state index is -4.39. The summed E-state index contributed by atoms with van der Waals surface area (Å²) in [6.45, 7) is 0. The molecule has 0 fully saturated rings. The van der Waals surface area contributed by atoms with Crippen LogP contribution in [-0.2, 0) is 11.9 Å². The largest absolute Gasteiger partial charge is 0.481 e. The average Bonchev–Trinajstić information content (AvgIpc) is 2.45. The summed E-state index contributed by atoms with van der Waals surface area (Å²) in [5, 5.41) is 0. The zero-order valence-electron chi connectivity index (χ0n) is 11.1. The minimum Gasteiger partial charge on any atom is -0.481 e. The third-order valence-electron chi connectivity index (χ3n) is 2.76. The highest BCUT2D eigenvalue weighted by atomic mass is 32.2. The molecule has 112 valence electrons. The van der Waals surface area contributed by atoms with Gasteiger partial charge in [0.1, 0.15) is 0 Å². The number of pyridine rings is 1. The molecule has 0 amide bonds. The van der Waals surface area contributed by atoms with Gasteiger partial charge in [-0.3, -0.25) is 0 Å². The predicted octanol–water partition coefficient (Wildman–Crippen LogP) is 3.98. The first-order valence-corrected chi connectivity index (χ1v) is 6.98. The van der Waals surface area contributed by atoms with E-state index >= 15 is 0 Å². The van der Waals surface area contributed by atoms with Crippen molar-refractivity contribution in [3.8, 4) is 5.88 Å². The first-order valence-electron chi connectivity index (χ1n) is 5.99. The molecule has 0 saturated heterocycles. The maximum atomic E-state index is 12.6. The number of benzene rings is 1. The van der Waals surface area contributed by atoms with Crippen LogP contribution in [0.2, 0.25) is 0 Å². The molecule has 7 heteroatoms. The number of ether oxygens (including phenoxy) is 1. The molecule has 2 rings (SSSR count). The summed E-state index contributed by atoms with van der Waals surface area (Å²) in [6.07, 6.45) is -2.77. The van der Waals surface area contributed by atoms with Gasteiger partial charge in [0.05, 0.1) is 12.7 Å². The molecular formula is C14H13F3N2OS. The number of halogens is 3. The molecule has 1 aromatic carbocycles. The number of nitrogens with zero attached hydrogens (tertiary/aromatic N) is 1. The van der Waals surface area contributed by atoms with Crippen LogP contribution in [0, 0.1) is 0 Å². The number of aromatic nitrogens is 1. The molecule has 0 aliphatic heterocycles. The molecule has 0 aliphatic rings. The number of alkyl halides is 3. The van der Waals surface area contributed by atoms with E-state index in [4.69, 9.17) is 10.5 Å². The third-order valence-corrected chi connectivity index (χ3v) is 3.90. The lowest BCUT2D eigenvalue weighted by Gasteiger charge is -2.11. The van der Waals surface area contributed by atoms with Crippen molar-refractivity contribution in [2.45, 2.75) is 16.8 Å². The predicted molar refractivity (Wildman–Crippen MR) is 76.2 cm³/mol. The SMILES string of the molecule is COc1ncccc1CSc1ccc(C(F)(F)F)cc1N. The number of hydrogen-bond donors (Lipinski definition) is 1. The highest BCUT2D eigenvalue weighted by Gasteiger charge is 2.30. The van der Waals surface area contributed by atoms with Gasteiger partial charge in [-0.05, 0) is 24.3 Å². The molecule has 0 spiro atoms. The van der Waals surface area contributed by atoms with Crippen molar-refractivity contribution in [3.63, 3.8) is 0 Å². The second kappa shape index (κ2) is 6.26. The van der Waals surface area contributed by atoms with E-state index in [-0.39, 0.29) is 5.69 Å². The van der Waals surface area contributed by atoms with Crippen LogP contribution in [-0.4, -0.2) is 12.1 Å². The highest BCUT2D eigenvalue weighted by molar-refractivity contribution is 7.98. The Morgan fingerprint density at radius 2 is 2.05 bits per heavy atom. The molecule has 0 saturated carbocycles. The molecular weight excluding hydrogens is 301 g/mol. The Morgan fingerprint density at radius 3 is 2.67 bits per heavy atom. The molecule has 0 aliphatic carbocycles. The number of nitrogens with two attached hydrogens (primary N) is 1. The molecule has 1 aromatic heterocycles. The number of hydrogen-bond acceptors (Lipinski definition) is 4. The third kappa shape index (κ3) is 3.81. The fourth-order valence-corrected chi connectivity index (χ4v) is 2.65. The Labute approximate surface area is 124 Å². The fourth-order valence-electron chi connectivity index (χ4n) is 1.73. The van der Waals surface area contributed by atoms with Crippen LogP contribution in [0.5, 0.6) is 5.88 Å². The van der Waals surface area contributed by atoms with E-state index in [1.807, 2.05) is 6.07 Å². The first-order chi connectivity index (χ1) is 9.91. The maximum Gasteiger partial charge on any atom is 0.416 e. The van der Waals surface area contributed by atoms with Gasteiger partial charge in [-0.2, -0.15) is 13.2 Å². The molecule has 0 atom stereocenters.